The van der Waals surface area contributed by atoms with E-state index in [-0.39, 0.29) is 0 Å². The van der Waals surface area contributed by atoms with Crippen LogP contribution >= 0.6 is 0 Å². The van der Waals surface area contributed by atoms with Crippen molar-refractivity contribution >= 4 is 0 Å². The Bertz CT molecular complexity index is 284. The van der Waals surface area contributed by atoms with E-state index in [1.165, 1.54) is 31.5 Å². The molecule has 96 valence electrons. The fourth-order valence-corrected chi connectivity index (χ4v) is 2.00. The van der Waals surface area contributed by atoms with Gasteiger partial charge in [0.25, 0.3) is 0 Å². The summed E-state index contributed by atoms with van der Waals surface area (Å²) in [4.78, 5) is 2.43. The Hall–Kier alpha value is -0.860. The molecule has 0 saturated heterocycles. The zero-order valence-electron chi connectivity index (χ0n) is 11.4. The van der Waals surface area contributed by atoms with Crippen LogP contribution in [-0.2, 0) is 0 Å². The number of hydrogen-bond acceptors (Lipinski definition) is 2. The molecule has 0 saturated carbocycles. The van der Waals surface area contributed by atoms with Crippen molar-refractivity contribution in [1.29, 1.82) is 0 Å². The number of rotatable bonds is 8. The molecule has 0 heterocycles. The Labute approximate surface area is 106 Å². The predicted molar refractivity (Wildman–Crippen MR) is 75.5 cm³/mol. The zero-order chi connectivity index (χ0) is 12.5. The van der Waals surface area contributed by atoms with Crippen LogP contribution in [0.15, 0.2) is 30.3 Å². The van der Waals surface area contributed by atoms with Gasteiger partial charge in [-0.05, 0) is 58.1 Å². The molecule has 1 aromatic rings. The summed E-state index contributed by atoms with van der Waals surface area (Å²) < 4.78 is 0. The minimum atomic E-state index is 0.656. The first-order valence-electron chi connectivity index (χ1n) is 6.62. The van der Waals surface area contributed by atoms with Gasteiger partial charge in [0.15, 0.2) is 0 Å². The monoisotopic (exact) mass is 234 g/mol. The van der Waals surface area contributed by atoms with Crippen LogP contribution in [0.25, 0.3) is 0 Å². The molecule has 1 aromatic carbocycles. The first-order valence-corrected chi connectivity index (χ1v) is 6.62. The van der Waals surface area contributed by atoms with E-state index in [9.17, 15) is 0 Å². The van der Waals surface area contributed by atoms with Gasteiger partial charge in [-0.25, -0.2) is 0 Å². The van der Waals surface area contributed by atoms with E-state index >= 15 is 0 Å². The average molecular weight is 234 g/mol. The van der Waals surface area contributed by atoms with Crippen LogP contribution in [0.5, 0.6) is 0 Å². The third-order valence-electron chi connectivity index (χ3n) is 3.28. The highest BCUT2D eigenvalue weighted by Gasteiger charge is 2.06. The zero-order valence-corrected chi connectivity index (χ0v) is 11.4. The molecule has 2 heteroatoms. The fourth-order valence-electron chi connectivity index (χ4n) is 2.00. The van der Waals surface area contributed by atoms with Gasteiger partial charge in [0, 0.05) is 0 Å². The second-order valence-electron chi connectivity index (χ2n) is 4.86. The molecule has 1 rings (SSSR count). The van der Waals surface area contributed by atoms with Crippen molar-refractivity contribution in [3.8, 4) is 0 Å². The summed E-state index contributed by atoms with van der Waals surface area (Å²) in [6.45, 7) is 5.79. The van der Waals surface area contributed by atoms with Gasteiger partial charge in [-0.2, -0.15) is 0 Å². The second-order valence-corrected chi connectivity index (χ2v) is 4.86. The first-order chi connectivity index (χ1) is 8.24. The van der Waals surface area contributed by atoms with Crippen LogP contribution in [0.4, 0.5) is 0 Å². The lowest BCUT2D eigenvalue weighted by Gasteiger charge is -2.19. The highest BCUT2D eigenvalue weighted by atomic mass is 15.1. The van der Waals surface area contributed by atoms with E-state index < -0.39 is 0 Å². The van der Waals surface area contributed by atoms with Gasteiger partial charge in [0.05, 0.1) is 0 Å². The second kappa shape index (κ2) is 8.26. The van der Waals surface area contributed by atoms with Crippen molar-refractivity contribution in [2.24, 2.45) is 0 Å². The lowest BCUT2D eigenvalue weighted by Crippen LogP contribution is -2.24. The van der Waals surface area contributed by atoms with Crippen molar-refractivity contribution in [3.63, 3.8) is 0 Å². The van der Waals surface area contributed by atoms with Gasteiger partial charge in [-0.1, -0.05) is 37.3 Å². The maximum absolute atomic E-state index is 3.19. The Morgan fingerprint density at radius 3 is 2.53 bits per heavy atom. The topological polar surface area (TPSA) is 15.3 Å². The molecule has 0 aliphatic carbocycles. The molecular weight excluding hydrogens is 208 g/mol. The molecule has 0 fully saturated rings. The van der Waals surface area contributed by atoms with Crippen molar-refractivity contribution in [2.75, 3.05) is 33.7 Å². The smallest absolute Gasteiger partial charge is 0.000969 e. The molecule has 0 radical (unpaired) electrons. The summed E-state index contributed by atoms with van der Waals surface area (Å²) in [5.74, 6) is 0.656. The Morgan fingerprint density at radius 1 is 1.18 bits per heavy atom. The van der Waals surface area contributed by atoms with Gasteiger partial charge in [0.1, 0.15) is 0 Å². The fraction of sp³-hybridized carbons (Fsp3) is 0.600. The molecule has 17 heavy (non-hydrogen) atoms. The Kier molecular flexibility index (Phi) is 6.90. The molecule has 0 aliphatic heterocycles. The van der Waals surface area contributed by atoms with Crippen molar-refractivity contribution in [2.45, 2.75) is 25.7 Å². The van der Waals surface area contributed by atoms with Gasteiger partial charge >= 0.3 is 0 Å². The molecule has 0 bridgehead atoms. The summed E-state index contributed by atoms with van der Waals surface area (Å²) in [5, 5.41) is 3.19. The summed E-state index contributed by atoms with van der Waals surface area (Å²) in [7, 11) is 4.23. The van der Waals surface area contributed by atoms with Gasteiger partial charge in [-0.15, -0.1) is 0 Å². The third kappa shape index (κ3) is 5.85. The summed E-state index contributed by atoms with van der Waals surface area (Å²) in [5.41, 5.74) is 1.45. The molecule has 1 atom stereocenters. The van der Waals surface area contributed by atoms with Crippen molar-refractivity contribution in [3.05, 3.63) is 35.9 Å². The van der Waals surface area contributed by atoms with Crippen LogP contribution in [0.1, 0.15) is 31.2 Å². The molecule has 0 aliphatic rings. The van der Waals surface area contributed by atoms with Crippen LogP contribution in [0.2, 0.25) is 0 Å². The lowest BCUT2D eigenvalue weighted by atomic mass is 9.98. The summed E-state index contributed by atoms with van der Waals surface area (Å²) in [6, 6.07) is 10.8. The average Bonchev–Trinajstić information content (AvgIpc) is 2.37. The van der Waals surface area contributed by atoms with Crippen LogP contribution < -0.4 is 5.32 Å². The molecule has 1 unspecified atom stereocenters. The highest BCUT2D eigenvalue weighted by Crippen LogP contribution is 2.18. The van der Waals surface area contributed by atoms with Gasteiger partial charge in [-0.3, -0.25) is 0 Å². The van der Waals surface area contributed by atoms with Crippen molar-refractivity contribution in [1.82, 2.24) is 10.2 Å². The number of benzene rings is 1. The van der Waals surface area contributed by atoms with E-state index in [1.807, 2.05) is 7.05 Å². The Balaban J connectivity index is 2.21. The number of nitrogens with zero attached hydrogens (tertiary/aromatic N) is 1. The molecule has 0 amide bonds. The molecular formula is C15H26N2. The number of nitrogens with one attached hydrogen (secondary N) is 1. The quantitative estimate of drug-likeness (QED) is 0.696. The first kappa shape index (κ1) is 14.2. The molecule has 2 nitrogen and oxygen atoms in total. The molecule has 0 aromatic heterocycles. The normalized spacial score (nSPS) is 12.9. The summed E-state index contributed by atoms with van der Waals surface area (Å²) >= 11 is 0. The third-order valence-corrected chi connectivity index (χ3v) is 3.28. The van der Waals surface area contributed by atoms with Crippen molar-refractivity contribution < 1.29 is 0 Å². The van der Waals surface area contributed by atoms with Gasteiger partial charge in [0.2, 0.25) is 0 Å². The van der Waals surface area contributed by atoms with E-state index in [4.69, 9.17) is 0 Å². The minimum Gasteiger partial charge on any atom is -0.320 e. The van der Waals surface area contributed by atoms with Crippen LogP contribution in [-0.4, -0.2) is 38.6 Å². The Morgan fingerprint density at radius 2 is 1.88 bits per heavy atom. The van der Waals surface area contributed by atoms with E-state index in [0.29, 0.717) is 5.92 Å². The van der Waals surface area contributed by atoms with Gasteiger partial charge < -0.3 is 10.2 Å². The van der Waals surface area contributed by atoms with E-state index in [1.54, 1.807) is 0 Å². The lowest BCUT2D eigenvalue weighted by molar-refractivity contribution is 0.315. The maximum Gasteiger partial charge on any atom is -0.000969 e. The summed E-state index contributed by atoms with van der Waals surface area (Å²) in [6.07, 6.45) is 2.47. The van der Waals surface area contributed by atoms with Crippen LogP contribution in [0, 0.1) is 0 Å². The minimum absolute atomic E-state index is 0.656. The number of hydrogen-bond donors (Lipinski definition) is 1. The largest absolute Gasteiger partial charge is 0.320 e. The standard InChI is InChI=1S/C15H26N2/c1-14(15-8-5-4-6-9-15)10-13-17(3)12-7-11-16-2/h4-6,8-9,14,16H,7,10-13H2,1-3H3. The van der Waals surface area contributed by atoms with Crippen LogP contribution in [0.3, 0.4) is 0 Å². The van der Waals surface area contributed by atoms with E-state index in [0.717, 1.165) is 6.54 Å². The van der Waals surface area contributed by atoms with E-state index in [2.05, 4.69) is 54.5 Å². The predicted octanol–water partition coefficient (Wildman–Crippen LogP) is 2.72. The highest BCUT2D eigenvalue weighted by molar-refractivity contribution is 5.18. The SMILES string of the molecule is CNCCCN(C)CCC(C)c1ccccc1. The molecule has 0 spiro atoms. The maximum atomic E-state index is 3.19. The molecule has 1 N–H and O–H groups in total.